The van der Waals surface area contributed by atoms with Gasteiger partial charge in [0.2, 0.25) is 0 Å². The third kappa shape index (κ3) is 5.87. The van der Waals surface area contributed by atoms with Crippen molar-refractivity contribution in [3.8, 4) is 39.9 Å². The average Bonchev–Trinajstić information content (AvgIpc) is 2.92. The van der Waals surface area contributed by atoms with Crippen molar-refractivity contribution in [2.75, 3.05) is 28.4 Å². The summed E-state index contributed by atoms with van der Waals surface area (Å²) in [4.78, 5) is 12.9. The van der Waals surface area contributed by atoms with E-state index in [2.05, 4.69) is 45.7 Å². The third-order valence-electron chi connectivity index (χ3n) is 8.02. The number of benzene rings is 2. The molecule has 14 heteroatoms. The van der Waals surface area contributed by atoms with Gasteiger partial charge in [-0.3, -0.25) is 0 Å². The Morgan fingerprint density at radius 3 is 1.79 bits per heavy atom. The summed E-state index contributed by atoms with van der Waals surface area (Å²) in [5.74, 6) is -0.949. The molecule has 3 rings (SSSR count). The van der Waals surface area contributed by atoms with E-state index < -0.39 is 41.2 Å². The minimum absolute atomic E-state index is 0.215. The monoisotopic (exact) mass is 648 g/mol. The van der Waals surface area contributed by atoms with Crippen molar-refractivity contribution in [2.24, 2.45) is 0 Å². The standard InChI is InChI=1S/C29H39F3O9SSi/c1-15(2)43(16(3)4,17(5)6)41-22-14-20(36-7)24-19(26(22)37-8)12-11-18-13-21(40-42(34,35)29(30,31)32)25(28(33)39-10)27(38-9)23(18)24/h13-17H,11-12H2,1-10H3. The fraction of sp³-hybridized carbons (Fsp3) is 0.552. The van der Waals surface area contributed by atoms with Crippen LogP contribution in [0.1, 0.15) is 63.0 Å². The van der Waals surface area contributed by atoms with Crippen molar-refractivity contribution in [2.45, 2.75) is 76.5 Å². The molecule has 0 saturated heterocycles. The summed E-state index contributed by atoms with van der Waals surface area (Å²) in [5, 5.41) is 0. The number of fused-ring (bicyclic) bond motifs is 3. The molecule has 2 aromatic carbocycles. The number of ether oxygens (including phenoxy) is 4. The van der Waals surface area contributed by atoms with E-state index in [1.807, 2.05) is 0 Å². The summed E-state index contributed by atoms with van der Waals surface area (Å²) in [7, 11) is -3.39. The predicted molar refractivity (Wildman–Crippen MR) is 158 cm³/mol. The largest absolute Gasteiger partial charge is 0.540 e. The fourth-order valence-corrected chi connectivity index (χ4v) is 12.0. The second-order valence-corrected chi connectivity index (χ2v) is 18.1. The van der Waals surface area contributed by atoms with Gasteiger partial charge in [-0.2, -0.15) is 21.6 Å². The minimum atomic E-state index is -6.12. The molecule has 0 saturated carbocycles. The lowest BCUT2D eigenvalue weighted by Crippen LogP contribution is -2.50. The van der Waals surface area contributed by atoms with Gasteiger partial charge in [-0.05, 0) is 41.1 Å². The van der Waals surface area contributed by atoms with Crippen LogP contribution in [0, 0.1) is 0 Å². The van der Waals surface area contributed by atoms with Crippen molar-refractivity contribution in [3.63, 3.8) is 0 Å². The van der Waals surface area contributed by atoms with Crippen LogP contribution in [-0.4, -0.2) is 56.7 Å². The molecule has 0 bridgehead atoms. The van der Waals surface area contributed by atoms with E-state index in [1.54, 1.807) is 6.07 Å². The first kappa shape index (κ1) is 34.4. The molecule has 0 unspecified atom stereocenters. The van der Waals surface area contributed by atoms with E-state index in [0.29, 0.717) is 45.9 Å². The first-order valence-electron chi connectivity index (χ1n) is 13.7. The molecule has 43 heavy (non-hydrogen) atoms. The molecule has 0 aromatic heterocycles. The Morgan fingerprint density at radius 1 is 0.791 bits per heavy atom. The molecule has 2 aromatic rings. The van der Waals surface area contributed by atoms with Crippen LogP contribution < -0.4 is 22.8 Å². The van der Waals surface area contributed by atoms with Crippen LogP contribution in [-0.2, 0) is 27.7 Å². The Bertz CT molecular complexity index is 1460. The zero-order valence-corrected chi connectivity index (χ0v) is 27.8. The highest BCUT2D eigenvalue weighted by atomic mass is 32.2. The maximum atomic E-state index is 13.2. The first-order chi connectivity index (χ1) is 19.9. The summed E-state index contributed by atoms with van der Waals surface area (Å²) in [5.41, 5.74) is -3.77. The van der Waals surface area contributed by atoms with E-state index in [1.165, 1.54) is 21.3 Å². The number of methoxy groups -OCH3 is 4. The molecule has 0 radical (unpaired) electrons. The van der Waals surface area contributed by atoms with Crippen LogP contribution in [0.3, 0.4) is 0 Å². The van der Waals surface area contributed by atoms with Crippen LogP contribution in [0.25, 0.3) is 11.1 Å². The Hall–Kier alpha value is -3.13. The van der Waals surface area contributed by atoms with Gasteiger partial charge < -0.3 is 27.6 Å². The molecule has 0 amide bonds. The van der Waals surface area contributed by atoms with Gasteiger partial charge in [0.25, 0.3) is 8.32 Å². The van der Waals surface area contributed by atoms with Crippen LogP contribution in [0.2, 0.25) is 16.6 Å². The SMILES string of the molecule is COC(=O)c1c(OS(=O)(=O)C(F)(F)F)cc2c(c1OC)-c1c(OC)cc(O[Si](C(C)C)(C(C)C)C(C)C)c(OC)c1CC2. The quantitative estimate of drug-likeness (QED) is 0.110. The highest BCUT2D eigenvalue weighted by Crippen LogP contribution is 2.55. The van der Waals surface area contributed by atoms with Gasteiger partial charge in [-0.15, -0.1) is 0 Å². The zero-order chi connectivity index (χ0) is 32.7. The van der Waals surface area contributed by atoms with Crippen molar-refractivity contribution in [1.29, 1.82) is 0 Å². The van der Waals surface area contributed by atoms with E-state index in [-0.39, 0.29) is 28.8 Å². The normalized spacial score (nSPS) is 13.5. The number of rotatable bonds is 11. The second-order valence-electron chi connectivity index (χ2n) is 11.2. The first-order valence-corrected chi connectivity index (χ1v) is 17.3. The molecule has 0 N–H and O–H groups in total. The number of esters is 1. The Kier molecular flexibility index (Phi) is 9.96. The highest BCUT2D eigenvalue weighted by molar-refractivity contribution is 7.88. The van der Waals surface area contributed by atoms with Crippen molar-refractivity contribution in [3.05, 3.63) is 28.8 Å². The molecule has 1 aliphatic rings. The lowest BCUT2D eigenvalue weighted by atomic mass is 9.82. The van der Waals surface area contributed by atoms with Gasteiger partial charge in [0.15, 0.2) is 17.2 Å². The molecular weight excluding hydrogens is 609 g/mol. The number of aryl methyl sites for hydroxylation is 1. The number of alkyl halides is 3. The third-order valence-corrected chi connectivity index (χ3v) is 15.0. The van der Waals surface area contributed by atoms with Crippen LogP contribution in [0.5, 0.6) is 28.7 Å². The summed E-state index contributed by atoms with van der Waals surface area (Å²) in [6.07, 6.45) is 0.539. The zero-order valence-electron chi connectivity index (χ0n) is 26.0. The van der Waals surface area contributed by atoms with Crippen molar-refractivity contribution >= 4 is 24.4 Å². The number of hydrogen-bond acceptors (Lipinski definition) is 9. The van der Waals surface area contributed by atoms with Gasteiger partial charge >= 0.3 is 21.6 Å². The van der Waals surface area contributed by atoms with E-state index in [9.17, 15) is 26.4 Å². The molecule has 1 aliphatic carbocycles. The predicted octanol–water partition coefficient (Wildman–Crippen LogP) is 7.05. The number of carbonyl (C=O) groups is 1. The molecule has 0 heterocycles. The number of carbonyl (C=O) groups excluding carboxylic acids is 1. The van der Waals surface area contributed by atoms with Crippen molar-refractivity contribution < 1.29 is 53.9 Å². The van der Waals surface area contributed by atoms with E-state index in [0.717, 1.165) is 13.2 Å². The second kappa shape index (κ2) is 12.5. The van der Waals surface area contributed by atoms with Gasteiger partial charge in [0, 0.05) is 22.8 Å². The van der Waals surface area contributed by atoms with Crippen molar-refractivity contribution in [1.82, 2.24) is 0 Å². The Labute approximate surface area is 251 Å². The average molecular weight is 649 g/mol. The molecule has 0 atom stereocenters. The van der Waals surface area contributed by atoms with E-state index >= 15 is 0 Å². The molecule has 0 aliphatic heterocycles. The highest BCUT2D eigenvalue weighted by Gasteiger charge is 2.50. The maximum Gasteiger partial charge on any atom is 0.534 e. The molecule has 9 nitrogen and oxygen atoms in total. The smallest absolute Gasteiger partial charge is 0.534 e. The lowest BCUT2D eigenvalue weighted by Gasteiger charge is -2.43. The number of halogens is 3. The number of hydrogen-bond donors (Lipinski definition) is 0. The molecule has 240 valence electrons. The summed E-state index contributed by atoms with van der Waals surface area (Å²) in [6, 6.07) is 2.79. The molecule has 0 spiro atoms. The molecule has 0 fully saturated rings. The lowest BCUT2D eigenvalue weighted by molar-refractivity contribution is -0.0500. The van der Waals surface area contributed by atoms with Gasteiger partial charge in [-0.25, -0.2) is 4.79 Å². The van der Waals surface area contributed by atoms with E-state index in [4.69, 9.17) is 23.4 Å². The van der Waals surface area contributed by atoms with Gasteiger partial charge in [-0.1, -0.05) is 41.5 Å². The van der Waals surface area contributed by atoms with Crippen LogP contribution in [0.15, 0.2) is 12.1 Å². The summed E-state index contributed by atoms with van der Waals surface area (Å²) >= 11 is 0. The maximum absolute atomic E-state index is 13.2. The minimum Gasteiger partial charge on any atom is -0.540 e. The summed E-state index contributed by atoms with van der Waals surface area (Å²) in [6.45, 7) is 12.9. The van der Waals surface area contributed by atoms with Gasteiger partial charge in [0.05, 0.1) is 28.4 Å². The van der Waals surface area contributed by atoms with Crippen LogP contribution in [0.4, 0.5) is 13.2 Å². The van der Waals surface area contributed by atoms with Crippen LogP contribution >= 0.6 is 0 Å². The summed E-state index contributed by atoms with van der Waals surface area (Å²) < 4.78 is 97.1. The fourth-order valence-electron chi connectivity index (χ4n) is 6.33. The van der Waals surface area contributed by atoms with Gasteiger partial charge in [0.1, 0.15) is 17.1 Å². The molecular formula is C29H39F3O9SSi. The Morgan fingerprint density at radius 2 is 1.35 bits per heavy atom. The Balaban J connectivity index is 2.41. The topological polar surface area (TPSA) is 107 Å².